The third kappa shape index (κ3) is 3.75. The Balaban J connectivity index is 2.09. The molecule has 2 heterocycles. The summed E-state index contributed by atoms with van der Waals surface area (Å²) in [4.78, 5) is 6.79. The lowest BCUT2D eigenvalue weighted by Crippen LogP contribution is -2.47. The summed E-state index contributed by atoms with van der Waals surface area (Å²) >= 11 is 0. The van der Waals surface area contributed by atoms with Crippen LogP contribution in [0.2, 0.25) is 0 Å². The summed E-state index contributed by atoms with van der Waals surface area (Å²) in [5.41, 5.74) is 2.31. The van der Waals surface area contributed by atoms with Gasteiger partial charge in [0.2, 0.25) is 0 Å². The molecular formula is C15H25N3O. The van der Waals surface area contributed by atoms with Crippen molar-refractivity contribution in [2.45, 2.75) is 32.4 Å². The maximum atomic E-state index is 5.96. The Bertz CT molecular complexity index is 379. The molecule has 0 amide bonds. The van der Waals surface area contributed by atoms with Gasteiger partial charge in [-0.2, -0.15) is 0 Å². The van der Waals surface area contributed by atoms with Crippen molar-refractivity contribution in [1.29, 1.82) is 0 Å². The average molecular weight is 263 g/mol. The zero-order valence-electron chi connectivity index (χ0n) is 12.2. The molecule has 0 spiro atoms. The van der Waals surface area contributed by atoms with Gasteiger partial charge in [0.15, 0.2) is 0 Å². The molecule has 1 aliphatic rings. The van der Waals surface area contributed by atoms with E-state index in [4.69, 9.17) is 4.74 Å². The molecule has 4 heteroatoms. The number of likely N-dealkylation sites (N-methyl/N-ethyl adjacent to an activating group) is 1. The molecule has 2 unspecified atom stereocenters. The molecule has 19 heavy (non-hydrogen) atoms. The molecule has 0 aliphatic carbocycles. The van der Waals surface area contributed by atoms with Crippen LogP contribution in [0.3, 0.4) is 0 Å². The van der Waals surface area contributed by atoms with Crippen LogP contribution in [0.25, 0.3) is 0 Å². The minimum atomic E-state index is 0.204. The first-order valence-electron chi connectivity index (χ1n) is 7.17. The van der Waals surface area contributed by atoms with E-state index in [0.717, 1.165) is 38.4 Å². The maximum absolute atomic E-state index is 5.96. The van der Waals surface area contributed by atoms with Gasteiger partial charge in [-0.3, -0.25) is 9.88 Å². The highest BCUT2D eigenvalue weighted by molar-refractivity contribution is 5.19. The number of rotatable bonds is 5. The number of aryl methyl sites for hydroxylation is 1. The smallest absolute Gasteiger partial charge is 0.0896 e. The summed E-state index contributed by atoms with van der Waals surface area (Å²) < 4.78 is 5.96. The second kappa shape index (κ2) is 6.98. The molecule has 0 aromatic carbocycles. The number of ether oxygens (including phenoxy) is 1. The van der Waals surface area contributed by atoms with E-state index in [9.17, 15) is 0 Å². The fourth-order valence-corrected chi connectivity index (χ4v) is 2.58. The number of hydrogen-bond acceptors (Lipinski definition) is 4. The lowest BCUT2D eigenvalue weighted by Gasteiger charge is -2.39. The number of nitrogens with zero attached hydrogens (tertiary/aromatic N) is 2. The summed E-state index contributed by atoms with van der Waals surface area (Å²) in [5.74, 6) is 0. The van der Waals surface area contributed by atoms with Crippen LogP contribution in [-0.4, -0.2) is 49.3 Å². The second-order valence-corrected chi connectivity index (χ2v) is 5.27. The fourth-order valence-electron chi connectivity index (χ4n) is 2.58. The Morgan fingerprint density at radius 3 is 3.00 bits per heavy atom. The van der Waals surface area contributed by atoms with E-state index in [1.165, 1.54) is 5.56 Å². The first-order chi connectivity index (χ1) is 9.22. The van der Waals surface area contributed by atoms with Gasteiger partial charge < -0.3 is 10.1 Å². The first kappa shape index (κ1) is 14.4. The van der Waals surface area contributed by atoms with Crippen molar-refractivity contribution in [1.82, 2.24) is 15.2 Å². The number of aromatic nitrogens is 1. The van der Waals surface area contributed by atoms with Crippen molar-refractivity contribution in [2.24, 2.45) is 0 Å². The number of nitrogens with one attached hydrogen (secondary N) is 1. The van der Waals surface area contributed by atoms with Gasteiger partial charge in [-0.25, -0.2) is 0 Å². The summed E-state index contributed by atoms with van der Waals surface area (Å²) in [7, 11) is 2.17. The summed E-state index contributed by atoms with van der Waals surface area (Å²) in [6.07, 6.45) is 3.34. The highest BCUT2D eigenvalue weighted by Gasteiger charge is 2.31. The average Bonchev–Trinajstić information content (AvgIpc) is 2.41. The number of hydrogen-bond donors (Lipinski definition) is 1. The molecule has 4 nitrogen and oxygen atoms in total. The van der Waals surface area contributed by atoms with Crippen LogP contribution in [0.1, 0.15) is 30.6 Å². The molecule has 1 N–H and O–H groups in total. The zero-order valence-corrected chi connectivity index (χ0v) is 12.2. The zero-order chi connectivity index (χ0) is 13.7. The van der Waals surface area contributed by atoms with Gasteiger partial charge in [-0.1, -0.05) is 13.0 Å². The minimum Gasteiger partial charge on any atom is -0.374 e. The highest BCUT2D eigenvalue weighted by atomic mass is 16.5. The Hall–Kier alpha value is -0.970. The largest absolute Gasteiger partial charge is 0.374 e. The van der Waals surface area contributed by atoms with Gasteiger partial charge >= 0.3 is 0 Å². The molecule has 1 saturated heterocycles. The predicted octanol–water partition coefficient (Wildman–Crippen LogP) is 1.76. The standard InChI is InChI=1S/C15H25N3O/c1-4-7-16-11-14-15(18(3)8-9-19-14)13-6-5-12(2)17-10-13/h5-6,10,14-16H,4,7-9,11H2,1-3H3. The van der Waals surface area contributed by atoms with Crippen LogP contribution >= 0.6 is 0 Å². The molecule has 106 valence electrons. The Labute approximate surface area is 116 Å². The third-order valence-electron chi connectivity index (χ3n) is 3.65. The highest BCUT2D eigenvalue weighted by Crippen LogP contribution is 2.27. The first-order valence-corrected chi connectivity index (χ1v) is 7.17. The molecule has 2 atom stereocenters. The van der Waals surface area contributed by atoms with E-state index >= 15 is 0 Å². The Kier molecular flexibility index (Phi) is 5.31. The van der Waals surface area contributed by atoms with Crippen molar-refractivity contribution >= 4 is 0 Å². The molecule has 1 aromatic rings. The normalized spacial score (nSPS) is 24.6. The van der Waals surface area contributed by atoms with Gasteiger partial charge in [-0.05, 0) is 38.6 Å². The van der Waals surface area contributed by atoms with E-state index in [-0.39, 0.29) is 6.10 Å². The van der Waals surface area contributed by atoms with Gasteiger partial charge in [0, 0.05) is 25.0 Å². The quantitative estimate of drug-likeness (QED) is 0.822. The fraction of sp³-hybridized carbons (Fsp3) is 0.667. The van der Waals surface area contributed by atoms with Crippen molar-refractivity contribution in [3.05, 3.63) is 29.6 Å². The predicted molar refractivity (Wildman–Crippen MR) is 77.2 cm³/mol. The molecule has 1 aliphatic heterocycles. The van der Waals surface area contributed by atoms with Crippen molar-refractivity contribution in [3.63, 3.8) is 0 Å². The molecule has 1 aromatic heterocycles. The Morgan fingerprint density at radius 2 is 2.32 bits per heavy atom. The van der Waals surface area contributed by atoms with E-state index < -0.39 is 0 Å². The summed E-state index contributed by atoms with van der Waals surface area (Å²) in [6.45, 7) is 7.93. The third-order valence-corrected chi connectivity index (χ3v) is 3.65. The minimum absolute atomic E-state index is 0.204. The van der Waals surface area contributed by atoms with Crippen molar-refractivity contribution < 1.29 is 4.74 Å². The summed E-state index contributed by atoms with van der Waals surface area (Å²) in [6, 6.07) is 4.55. The Morgan fingerprint density at radius 1 is 1.47 bits per heavy atom. The topological polar surface area (TPSA) is 37.4 Å². The molecule has 0 saturated carbocycles. The molecular weight excluding hydrogens is 238 g/mol. The van der Waals surface area contributed by atoms with Crippen LogP contribution in [0.5, 0.6) is 0 Å². The maximum Gasteiger partial charge on any atom is 0.0896 e. The van der Waals surface area contributed by atoms with Crippen LogP contribution in [0, 0.1) is 6.92 Å². The molecule has 2 rings (SSSR count). The van der Waals surface area contributed by atoms with Crippen LogP contribution in [0.15, 0.2) is 18.3 Å². The number of morpholine rings is 1. The van der Waals surface area contributed by atoms with Gasteiger partial charge in [0.1, 0.15) is 0 Å². The van der Waals surface area contributed by atoms with E-state index in [1.807, 2.05) is 13.1 Å². The van der Waals surface area contributed by atoms with Crippen molar-refractivity contribution in [2.75, 3.05) is 33.3 Å². The van der Waals surface area contributed by atoms with Crippen LogP contribution < -0.4 is 5.32 Å². The molecule has 0 bridgehead atoms. The van der Waals surface area contributed by atoms with Gasteiger partial charge in [0.25, 0.3) is 0 Å². The lowest BCUT2D eigenvalue weighted by atomic mass is 9.99. The molecule has 1 fully saturated rings. The monoisotopic (exact) mass is 263 g/mol. The summed E-state index contributed by atoms with van der Waals surface area (Å²) in [5, 5.41) is 3.46. The van der Waals surface area contributed by atoms with E-state index in [1.54, 1.807) is 0 Å². The van der Waals surface area contributed by atoms with Crippen LogP contribution in [0.4, 0.5) is 0 Å². The SMILES string of the molecule is CCCNCC1OCCN(C)C1c1ccc(C)nc1. The van der Waals surface area contributed by atoms with Gasteiger partial charge in [-0.15, -0.1) is 0 Å². The van der Waals surface area contributed by atoms with Crippen LogP contribution in [-0.2, 0) is 4.74 Å². The molecule has 0 radical (unpaired) electrons. The second-order valence-electron chi connectivity index (χ2n) is 5.27. The van der Waals surface area contributed by atoms with Crippen molar-refractivity contribution in [3.8, 4) is 0 Å². The van der Waals surface area contributed by atoms with Gasteiger partial charge in [0.05, 0.1) is 18.8 Å². The van der Waals surface area contributed by atoms with E-state index in [0.29, 0.717) is 6.04 Å². The van der Waals surface area contributed by atoms with E-state index in [2.05, 4.69) is 41.3 Å². The lowest BCUT2D eigenvalue weighted by molar-refractivity contribution is -0.0613. The number of pyridine rings is 1.